The molecular weight excluding hydrogens is 338 g/mol. The van der Waals surface area contributed by atoms with Gasteiger partial charge in [0.15, 0.2) is 0 Å². The van der Waals surface area contributed by atoms with Crippen LogP contribution in [0, 0.1) is 0 Å². The first-order chi connectivity index (χ1) is 13.8. The van der Waals surface area contributed by atoms with Crippen molar-refractivity contribution in [3.05, 3.63) is 109 Å². The first-order valence-corrected chi connectivity index (χ1v) is 9.61. The Bertz CT molecular complexity index is 1280. The van der Waals surface area contributed by atoms with Crippen molar-refractivity contribution in [1.82, 2.24) is 0 Å². The van der Waals surface area contributed by atoms with Gasteiger partial charge in [-0.3, -0.25) is 0 Å². The first kappa shape index (κ1) is 16.6. The highest BCUT2D eigenvalue weighted by Gasteiger charge is 2.13. The Morgan fingerprint density at radius 2 is 1.14 bits per heavy atom. The number of fused-ring (bicyclic) bond motifs is 2. The van der Waals surface area contributed by atoms with Gasteiger partial charge in [-0.1, -0.05) is 91.0 Å². The Labute approximate surface area is 165 Å². The van der Waals surface area contributed by atoms with Gasteiger partial charge >= 0.3 is 0 Å². The molecule has 0 amide bonds. The Kier molecular flexibility index (Phi) is 4.06. The minimum atomic E-state index is 1.19. The number of rotatable bonds is 3. The van der Waals surface area contributed by atoms with E-state index in [-0.39, 0.29) is 0 Å². The van der Waals surface area contributed by atoms with Gasteiger partial charge in [0.05, 0.1) is 0 Å². The highest BCUT2D eigenvalue weighted by atomic mass is 15.1. The molecule has 0 N–H and O–H groups in total. The molecule has 1 heteroatoms. The molecule has 0 fully saturated rings. The first-order valence-electron chi connectivity index (χ1n) is 9.61. The normalized spacial score (nSPS) is 11.0. The van der Waals surface area contributed by atoms with E-state index in [1.165, 1.54) is 44.0 Å². The summed E-state index contributed by atoms with van der Waals surface area (Å²) in [7, 11) is 2.15. The molecule has 0 aromatic heterocycles. The number of para-hydroxylation sites is 1. The van der Waals surface area contributed by atoms with E-state index in [4.69, 9.17) is 0 Å². The third-order valence-corrected chi connectivity index (χ3v) is 5.47. The summed E-state index contributed by atoms with van der Waals surface area (Å²) < 4.78 is 0. The summed E-state index contributed by atoms with van der Waals surface area (Å²) >= 11 is 0. The lowest BCUT2D eigenvalue weighted by molar-refractivity contribution is 1.21. The fourth-order valence-electron chi connectivity index (χ4n) is 3.98. The van der Waals surface area contributed by atoms with E-state index in [0.717, 1.165) is 0 Å². The smallest absolute Gasteiger partial charge is 0.0487 e. The molecule has 0 aliphatic heterocycles. The zero-order chi connectivity index (χ0) is 18.9. The van der Waals surface area contributed by atoms with Crippen LogP contribution in [0.15, 0.2) is 109 Å². The van der Waals surface area contributed by atoms with E-state index in [0.29, 0.717) is 0 Å². The van der Waals surface area contributed by atoms with Crippen LogP contribution in [0.5, 0.6) is 0 Å². The molecule has 0 aliphatic carbocycles. The lowest BCUT2D eigenvalue weighted by Crippen LogP contribution is -2.10. The third-order valence-electron chi connectivity index (χ3n) is 5.47. The number of anilines is 2. The average molecular weight is 359 g/mol. The van der Waals surface area contributed by atoms with E-state index in [1.807, 2.05) is 0 Å². The second-order valence-electron chi connectivity index (χ2n) is 7.13. The molecule has 134 valence electrons. The van der Waals surface area contributed by atoms with E-state index in [1.54, 1.807) is 0 Å². The minimum absolute atomic E-state index is 1.19. The monoisotopic (exact) mass is 359 g/mol. The Morgan fingerprint density at radius 3 is 2.04 bits per heavy atom. The van der Waals surface area contributed by atoms with Crippen LogP contribution in [-0.4, -0.2) is 7.05 Å². The molecular formula is C27H21N. The topological polar surface area (TPSA) is 3.24 Å². The van der Waals surface area contributed by atoms with Gasteiger partial charge in [-0.05, 0) is 45.3 Å². The second-order valence-corrected chi connectivity index (χ2v) is 7.13. The van der Waals surface area contributed by atoms with Crippen LogP contribution in [0.25, 0.3) is 32.7 Å². The van der Waals surface area contributed by atoms with E-state index < -0.39 is 0 Å². The molecule has 0 radical (unpaired) electrons. The quantitative estimate of drug-likeness (QED) is 0.324. The lowest BCUT2D eigenvalue weighted by atomic mass is 9.96. The van der Waals surface area contributed by atoms with Gasteiger partial charge < -0.3 is 4.90 Å². The predicted octanol–water partition coefficient (Wildman–Crippen LogP) is 7.43. The lowest BCUT2D eigenvalue weighted by Gasteiger charge is -2.24. The van der Waals surface area contributed by atoms with Gasteiger partial charge in [0.25, 0.3) is 0 Å². The summed E-state index contributed by atoms with van der Waals surface area (Å²) in [5.74, 6) is 0. The van der Waals surface area contributed by atoms with Crippen molar-refractivity contribution < 1.29 is 0 Å². The van der Waals surface area contributed by atoms with E-state index in [9.17, 15) is 0 Å². The van der Waals surface area contributed by atoms with Crippen molar-refractivity contribution in [2.75, 3.05) is 11.9 Å². The summed E-state index contributed by atoms with van der Waals surface area (Å²) in [6.45, 7) is 0. The summed E-state index contributed by atoms with van der Waals surface area (Å²) in [5, 5.41) is 5.07. The standard InChI is InChI=1S/C27H21N/c1-28(23-18-17-20-9-2-3-11-22(20)19-23)27-16-7-6-14-26(27)25-15-8-12-21-10-4-5-13-24(21)25/h2-19H,1H3. The maximum Gasteiger partial charge on any atom is 0.0487 e. The molecule has 28 heavy (non-hydrogen) atoms. The molecule has 0 unspecified atom stereocenters. The predicted molar refractivity (Wildman–Crippen MR) is 121 cm³/mol. The Balaban J connectivity index is 1.67. The number of hydrogen-bond donors (Lipinski definition) is 0. The van der Waals surface area contributed by atoms with Crippen LogP contribution in [-0.2, 0) is 0 Å². The van der Waals surface area contributed by atoms with Crippen LogP contribution < -0.4 is 4.90 Å². The zero-order valence-electron chi connectivity index (χ0n) is 15.8. The molecule has 5 aromatic rings. The van der Waals surface area contributed by atoms with Crippen molar-refractivity contribution >= 4 is 32.9 Å². The number of hydrogen-bond acceptors (Lipinski definition) is 1. The number of nitrogens with zero attached hydrogens (tertiary/aromatic N) is 1. The van der Waals surface area contributed by atoms with E-state index >= 15 is 0 Å². The maximum atomic E-state index is 2.28. The van der Waals surface area contributed by atoms with Crippen molar-refractivity contribution in [3.8, 4) is 11.1 Å². The van der Waals surface area contributed by atoms with Crippen LogP contribution in [0.3, 0.4) is 0 Å². The summed E-state index contributed by atoms with van der Waals surface area (Å²) in [5.41, 5.74) is 4.90. The van der Waals surface area contributed by atoms with Crippen LogP contribution in [0.2, 0.25) is 0 Å². The second kappa shape index (κ2) is 6.86. The molecule has 0 heterocycles. The van der Waals surface area contributed by atoms with Crippen LogP contribution in [0.1, 0.15) is 0 Å². The average Bonchev–Trinajstić information content (AvgIpc) is 2.78. The van der Waals surface area contributed by atoms with Gasteiger partial charge in [0, 0.05) is 24.0 Å². The van der Waals surface area contributed by atoms with Gasteiger partial charge in [-0.2, -0.15) is 0 Å². The molecule has 1 nitrogen and oxygen atoms in total. The van der Waals surface area contributed by atoms with Crippen LogP contribution >= 0.6 is 0 Å². The molecule has 0 saturated carbocycles. The molecule has 0 atom stereocenters. The highest BCUT2D eigenvalue weighted by Crippen LogP contribution is 2.38. The van der Waals surface area contributed by atoms with Crippen molar-refractivity contribution in [3.63, 3.8) is 0 Å². The molecule has 0 bridgehead atoms. The van der Waals surface area contributed by atoms with Crippen molar-refractivity contribution in [2.45, 2.75) is 0 Å². The van der Waals surface area contributed by atoms with Crippen LogP contribution in [0.4, 0.5) is 11.4 Å². The van der Waals surface area contributed by atoms with Gasteiger partial charge in [0.1, 0.15) is 0 Å². The van der Waals surface area contributed by atoms with Gasteiger partial charge in [-0.25, -0.2) is 0 Å². The largest absolute Gasteiger partial charge is 0.344 e. The Morgan fingerprint density at radius 1 is 0.500 bits per heavy atom. The molecule has 0 aliphatic rings. The molecule has 0 saturated heterocycles. The fourth-order valence-corrected chi connectivity index (χ4v) is 3.98. The highest BCUT2D eigenvalue weighted by molar-refractivity contribution is 6.00. The summed E-state index contributed by atoms with van der Waals surface area (Å²) in [4.78, 5) is 2.28. The molecule has 5 rings (SSSR count). The Hall–Kier alpha value is -3.58. The van der Waals surface area contributed by atoms with E-state index in [2.05, 4.69) is 121 Å². The summed E-state index contributed by atoms with van der Waals surface area (Å²) in [6, 6.07) is 38.9. The van der Waals surface area contributed by atoms with Crippen molar-refractivity contribution in [2.24, 2.45) is 0 Å². The molecule has 0 spiro atoms. The summed E-state index contributed by atoms with van der Waals surface area (Å²) in [6.07, 6.45) is 0. The minimum Gasteiger partial charge on any atom is -0.344 e. The maximum absolute atomic E-state index is 2.28. The SMILES string of the molecule is CN(c1ccc2ccccc2c1)c1ccccc1-c1cccc2ccccc12. The zero-order valence-corrected chi connectivity index (χ0v) is 15.8. The fraction of sp³-hybridized carbons (Fsp3) is 0.0370. The molecule has 5 aromatic carbocycles. The number of benzene rings is 5. The van der Waals surface area contributed by atoms with Gasteiger partial charge in [0.2, 0.25) is 0 Å². The van der Waals surface area contributed by atoms with Gasteiger partial charge in [-0.15, -0.1) is 0 Å². The van der Waals surface area contributed by atoms with Crippen molar-refractivity contribution in [1.29, 1.82) is 0 Å². The third kappa shape index (κ3) is 2.82.